The predicted molar refractivity (Wildman–Crippen MR) is 68.2 cm³/mol. The molecule has 0 aliphatic rings. The Morgan fingerprint density at radius 1 is 0.875 bits per heavy atom. The van der Waals surface area contributed by atoms with Crippen molar-refractivity contribution in [2.75, 3.05) is 13.2 Å². The largest absolute Gasteiger partial charge is 0.353 e. The van der Waals surface area contributed by atoms with E-state index in [2.05, 4.69) is 18.8 Å². The Balaban J connectivity index is 3.47. The molecule has 0 aromatic rings. The maximum absolute atomic E-state index is 5.46. The maximum atomic E-state index is 5.46. The average Bonchev–Trinajstić information content (AvgIpc) is 2.28. The average molecular weight is 226 g/mol. The summed E-state index contributed by atoms with van der Waals surface area (Å²) in [6.45, 7) is 7.61. The van der Waals surface area contributed by atoms with E-state index in [4.69, 9.17) is 9.47 Å². The van der Waals surface area contributed by atoms with E-state index in [9.17, 15) is 0 Å². The number of rotatable bonds is 9. The zero-order chi connectivity index (χ0) is 12.1. The molecule has 0 bridgehead atoms. The number of hydrogen-bond donors (Lipinski definition) is 0. The fourth-order valence-electron chi connectivity index (χ4n) is 1.39. The molecule has 0 amide bonds. The van der Waals surface area contributed by atoms with Crippen LogP contribution < -0.4 is 0 Å². The van der Waals surface area contributed by atoms with Crippen molar-refractivity contribution >= 4 is 0 Å². The molecule has 94 valence electrons. The van der Waals surface area contributed by atoms with Gasteiger partial charge >= 0.3 is 0 Å². The highest BCUT2D eigenvalue weighted by Gasteiger charge is 2.05. The Kier molecular flexibility index (Phi) is 12.1. The summed E-state index contributed by atoms with van der Waals surface area (Å²) in [4.78, 5) is 0. The lowest BCUT2D eigenvalue weighted by molar-refractivity contribution is -0.139. The summed E-state index contributed by atoms with van der Waals surface area (Å²) >= 11 is 0. The van der Waals surface area contributed by atoms with Crippen LogP contribution in [0.3, 0.4) is 0 Å². The van der Waals surface area contributed by atoms with Crippen LogP contribution in [0, 0.1) is 11.8 Å². The van der Waals surface area contributed by atoms with Crippen molar-refractivity contribution in [3.05, 3.63) is 0 Å². The summed E-state index contributed by atoms with van der Waals surface area (Å²) < 4.78 is 10.9. The van der Waals surface area contributed by atoms with Gasteiger partial charge in [0.05, 0.1) is 0 Å². The molecule has 16 heavy (non-hydrogen) atoms. The summed E-state index contributed by atoms with van der Waals surface area (Å²) in [6.07, 6.45) is 6.41. The van der Waals surface area contributed by atoms with Gasteiger partial charge in [-0.05, 0) is 33.1 Å². The molecule has 0 aliphatic carbocycles. The lowest BCUT2D eigenvalue weighted by atomic mass is 10.2. The van der Waals surface area contributed by atoms with Crippen LogP contribution in [-0.4, -0.2) is 19.5 Å². The summed E-state index contributed by atoms with van der Waals surface area (Å²) in [5, 5.41) is 0. The molecule has 0 unspecified atom stereocenters. The molecule has 2 nitrogen and oxygen atoms in total. The maximum Gasteiger partial charge on any atom is 0.157 e. The molecule has 0 aromatic carbocycles. The molecule has 0 heterocycles. The van der Waals surface area contributed by atoms with Crippen LogP contribution in [0.4, 0.5) is 0 Å². The topological polar surface area (TPSA) is 18.5 Å². The van der Waals surface area contributed by atoms with Crippen molar-refractivity contribution in [2.45, 2.75) is 65.6 Å². The number of hydrogen-bond acceptors (Lipinski definition) is 2. The van der Waals surface area contributed by atoms with Crippen molar-refractivity contribution < 1.29 is 9.47 Å². The summed E-state index contributed by atoms with van der Waals surface area (Å²) in [6, 6.07) is 0. The minimum Gasteiger partial charge on any atom is -0.353 e. The monoisotopic (exact) mass is 226 g/mol. The van der Waals surface area contributed by atoms with Crippen molar-refractivity contribution in [3.8, 4) is 11.8 Å². The molecule has 0 aromatic heterocycles. The van der Waals surface area contributed by atoms with Gasteiger partial charge < -0.3 is 9.47 Å². The Bertz CT molecular complexity index is 185. The van der Waals surface area contributed by atoms with Crippen LogP contribution in [0.2, 0.25) is 0 Å². The summed E-state index contributed by atoms with van der Waals surface area (Å²) in [5.74, 6) is 6.39. The molecule has 0 atom stereocenters. The molecule has 2 heteroatoms. The van der Waals surface area contributed by atoms with E-state index in [0.717, 1.165) is 25.7 Å². The fraction of sp³-hybridized carbons (Fsp3) is 0.857. The second kappa shape index (κ2) is 12.5. The molecule has 0 N–H and O–H groups in total. The van der Waals surface area contributed by atoms with Crippen molar-refractivity contribution in [3.63, 3.8) is 0 Å². The van der Waals surface area contributed by atoms with Crippen LogP contribution in [0.25, 0.3) is 0 Å². The highest BCUT2D eigenvalue weighted by Crippen LogP contribution is 2.06. The molecule has 0 rings (SSSR count). The highest BCUT2D eigenvalue weighted by atomic mass is 16.7. The first-order valence-electron chi connectivity index (χ1n) is 6.54. The van der Waals surface area contributed by atoms with Crippen LogP contribution in [-0.2, 0) is 9.47 Å². The Hall–Kier alpha value is -0.520. The van der Waals surface area contributed by atoms with Crippen LogP contribution in [0.15, 0.2) is 0 Å². The van der Waals surface area contributed by atoms with Crippen molar-refractivity contribution in [2.24, 2.45) is 0 Å². The zero-order valence-electron chi connectivity index (χ0n) is 11.1. The van der Waals surface area contributed by atoms with Gasteiger partial charge in [-0.2, -0.15) is 0 Å². The molecular formula is C14H26O2. The SMILES string of the molecule is CCCCC#CCCCC(OCC)OCC. The normalized spacial score (nSPS) is 10.2. The molecular weight excluding hydrogens is 200 g/mol. The second-order valence-electron chi connectivity index (χ2n) is 3.69. The number of ether oxygens (including phenoxy) is 2. The van der Waals surface area contributed by atoms with E-state index >= 15 is 0 Å². The van der Waals surface area contributed by atoms with Crippen LogP contribution in [0.1, 0.15) is 59.3 Å². The standard InChI is InChI=1S/C14H26O2/c1-4-7-8-9-10-11-12-13-14(15-5-2)16-6-3/h14H,4-8,11-13H2,1-3H3. The van der Waals surface area contributed by atoms with Gasteiger partial charge in [-0.3, -0.25) is 0 Å². The van der Waals surface area contributed by atoms with Gasteiger partial charge in [0.1, 0.15) is 0 Å². The van der Waals surface area contributed by atoms with Gasteiger partial charge in [-0.1, -0.05) is 13.3 Å². The lowest BCUT2D eigenvalue weighted by Crippen LogP contribution is -2.16. The third-order valence-corrected chi connectivity index (χ3v) is 2.23. The molecule has 0 radical (unpaired) electrons. The van der Waals surface area contributed by atoms with Crippen LogP contribution >= 0.6 is 0 Å². The number of unbranched alkanes of at least 4 members (excludes halogenated alkanes) is 3. The third-order valence-electron chi connectivity index (χ3n) is 2.23. The quantitative estimate of drug-likeness (QED) is 0.339. The summed E-state index contributed by atoms with van der Waals surface area (Å²) in [7, 11) is 0. The Morgan fingerprint density at radius 2 is 1.44 bits per heavy atom. The first-order chi connectivity index (χ1) is 7.85. The fourth-order valence-corrected chi connectivity index (χ4v) is 1.39. The molecule has 0 fully saturated rings. The first-order valence-corrected chi connectivity index (χ1v) is 6.54. The van der Waals surface area contributed by atoms with E-state index in [-0.39, 0.29) is 6.29 Å². The van der Waals surface area contributed by atoms with Crippen molar-refractivity contribution in [1.82, 2.24) is 0 Å². The van der Waals surface area contributed by atoms with E-state index in [0.29, 0.717) is 13.2 Å². The van der Waals surface area contributed by atoms with Gasteiger partial charge in [0.2, 0.25) is 0 Å². The zero-order valence-corrected chi connectivity index (χ0v) is 11.1. The Morgan fingerprint density at radius 3 is 1.94 bits per heavy atom. The smallest absolute Gasteiger partial charge is 0.157 e. The minimum atomic E-state index is -0.0348. The van der Waals surface area contributed by atoms with Gasteiger partial charge in [-0.15, -0.1) is 11.8 Å². The first kappa shape index (κ1) is 15.5. The Labute approximate surface area is 101 Å². The van der Waals surface area contributed by atoms with Gasteiger partial charge in [0.15, 0.2) is 6.29 Å². The lowest BCUT2D eigenvalue weighted by Gasteiger charge is -2.15. The van der Waals surface area contributed by atoms with E-state index in [1.54, 1.807) is 0 Å². The molecule has 0 saturated carbocycles. The van der Waals surface area contributed by atoms with E-state index in [1.807, 2.05) is 13.8 Å². The summed E-state index contributed by atoms with van der Waals surface area (Å²) in [5.41, 5.74) is 0. The minimum absolute atomic E-state index is 0.0348. The molecule has 0 saturated heterocycles. The third kappa shape index (κ3) is 10.0. The van der Waals surface area contributed by atoms with E-state index in [1.165, 1.54) is 12.8 Å². The van der Waals surface area contributed by atoms with Crippen LogP contribution in [0.5, 0.6) is 0 Å². The molecule has 0 spiro atoms. The van der Waals surface area contributed by atoms with E-state index < -0.39 is 0 Å². The predicted octanol–water partition coefficient (Wildman–Crippen LogP) is 3.75. The molecule has 0 aliphatic heterocycles. The van der Waals surface area contributed by atoms with Gasteiger partial charge in [-0.25, -0.2) is 0 Å². The van der Waals surface area contributed by atoms with Gasteiger partial charge in [0.25, 0.3) is 0 Å². The van der Waals surface area contributed by atoms with Crippen molar-refractivity contribution in [1.29, 1.82) is 0 Å². The second-order valence-corrected chi connectivity index (χ2v) is 3.69. The highest BCUT2D eigenvalue weighted by molar-refractivity contribution is 4.98. The van der Waals surface area contributed by atoms with Gasteiger partial charge in [0, 0.05) is 26.1 Å².